The van der Waals surface area contributed by atoms with Gasteiger partial charge in [-0.15, -0.1) is 0 Å². The average Bonchev–Trinajstić information content (AvgIpc) is 1.99. The van der Waals surface area contributed by atoms with Gasteiger partial charge < -0.3 is 5.21 Å². The van der Waals surface area contributed by atoms with Crippen LogP contribution in [-0.2, 0) is 10.8 Å². The molecule has 3 heteroatoms. The van der Waals surface area contributed by atoms with Crippen molar-refractivity contribution in [3.63, 3.8) is 0 Å². The molecule has 84 valence electrons. The Balaban J connectivity index is 3.48. The van der Waals surface area contributed by atoms with E-state index in [1.165, 1.54) is 6.20 Å². The lowest BCUT2D eigenvalue weighted by Crippen LogP contribution is -2.42. The molecule has 1 rings (SSSR count). The van der Waals surface area contributed by atoms with Gasteiger partial charge in [0.2, 0.25) is 5.69 Å². The van der Waals surface area contributed by atoms with Crippen molar-refractivity contribution in [2.24, 2.45) is 0 Å². The summed E-state index contributed by atoms with van der Waals surface area (Å²) in [5.41, 5.74) is 1.36. The van der Waals surface area contributed by atoms with Crippen LogP contribution in [0.15, 0.2) is 12.4 Å². The third kappa shape index (κ3) is 2.46. The Morgan fingerprint density at radius 2 is 1.60 bits per heavy atom. The van der Waals surface area contributed by atoms with Crippen LogP contribution in [0.4, 0.5) is 0 Å². The van der Waals surface area contributed by atoms with Crippen molar-refractivity contribution < 1.29 is 4.73 Å². The Morgan fingerprint density at radius 1 is 1.07 bits per heavy atom. The number of rotatable bonds is 0. The molecule has 0 fully saturated rings. The molecular formula is C12H20N2O. The molecule has 1 aromatic rings. The number of hydrogen-bond donors (Lipinski definition) is 0. The van der Waals surface area contributed by atoms with Gasteiger partial charge >= 0.3 is 0 Å². The molecule has 0 N–H and O–H groups in total. The highest BCUT2D eigenvalue weighted by atomic mass is 16.5. The van der Waals surface area contributed by atoms with Gasteiger partial charge in [-0.2, -0.15) is 4.73 Å². The third-order valence-corrected chi connectivity index (χ3v) is 2.27. The molecule has 0 aromatic carbocycles. The minimum atomic E-state index is -0.182. The fraction of sp³-hybridized carbons (Fsp3) is 0.667. The molecule has 0 unspecified atom stereocenters. The van der Waals surface area contributed by atoms with Crippen molar-refractivity contribution in [2.45, 2.75) is 52.4 Å². The zero-order valence-electron chi connectivity index (χ0n) is 10.5. The predicted octanol–water partition coefficient (Wildman–Crippen LogP) is 2.31. The van der Waals surface area contributed by atoms with E-state index in [4.69, 9.17) is 0 Å². The van der Waals surface area contributed by atoms with Crippen molar-refractivity contribution in [1.29, 1.82) is 0 Å². The van der Waals surface area contributed by atoms with Gasteiger partial charge in [0.15, 0.2) is 6.20 Å². The topological polar surface area (TPSA) is 39.8 Å². The van der Waals surface area contributed by atoms with Gasteiger partial charge in [0, 0.05) is 10.8 Å². The molecule has 1 aromatic heterocycles. The van der Waals surface area contributed by atoms with E-state index in [0.29, 0.717) is 0 Å². The molecule has 0 atom stereocenters. The van der Waals surface area contributed by atoms with E-state index < -0.39 is 0 Å². The van der Waals surface area contributed by atoms with Gasteiger partial charge in [-0.1, -0.05) is 41.5 Å². The summed E-state index contributed by atoms with van der Waals surface area (Å²) < 4.78 is 0.938. The fourth-order valence-corrected chi connectivity index (χ4v) is 1.64. The summed E-state index contributed by atoms with van der Waals surface area (Å²) in [4.78, 5) is 4.36. The maximum atomic E-state index is 11.8. The van der Waals surface area contributed by atoms with E-state index in [9.17, 15) is 5.21 Å². The SMILES string of the molecule is CC(C)(C)c1ncc[n+]([O-])c1C(C)(C)C. The van der Waals surface area contributed by atoms with Crippen LogP contribution in [0.1, 0.15) is 52.9 Å². The molecule has 0 aliphatic heterocycles. The summed E-state index contributed by atoms with van der Waals surface area (Å²) in [6, 6.07) is 0. The van der Waals surface area contributed by atoms with Crippen molar-refractivity contribution >= 4 is 0 Å². The van der Waals surface area contributed by atoms with Gasteiger partial charge in [-0.05, 0) is 0 Å². The molecule has 0 aliphatic carbocycles. The normalized spacial score (nSPS) is 12.9. The van der Waals surface area contributed by atoms with Gasteiger partial charge in [0.1, 0.15) is 5.69 Å². The molecule has 15 heavy (non-hydrogen) atoms. The van der Waals surface area contributed by atoms with Crippen molar-refractivity contribution in [1.82, 2.24) is 4.98 Å². The first kappa shape index (κ1) is 12.0. The van der Waals surface area contributed by atoms with Crippen molar-refractivity contribution in [3.05, 3.63) is 29.0 Å². The minimum Gasteiger partial charge on any atom is -0.618 e. The van der Waals surface area contributed by atoms with Gasteiger partial charge in [0.25, 0.3) is 0 Å². The second-order valence-electron chi connectivity index (χ2n) is 5.95. The molecule has 1 heterocycles. The molecule has 3 nitrogen and oxygen atoms in total. The van der Waals surface area contributed by atoms with Crippen LogP contribution >= 0.6 is 0 Å². The Hall–Kier alpha value is -1.12. The average molecular weight is 208 g/mol. The molecule has 0 bridgehead atoms. The monoisotopic (exact) mass is 208 g/mol. The minimum absolute atomic E-state index is 0.101. The molecule has 0 saturated carbocycles. The van der Waals surface area contributed by atoms with Gasteiger partial charge in [0.05, 0.1) is 6.20 Å². The van der Waals surface area contributed by atoms with Crippen LogP contribution in [0.25, 0.3) is 0 Å². The Morgan fingerprint density at radius 3 is 1.93 bits per heavy atom. The molecule has 0 radical (unpaired) electrons. The van der Waals surface area contributed by atoms with E-state index >= 15 is 0 Å². The smallest absolute Gasteiger partial charge is 0.220 e. The highest BCUT2D eigenvalue weighted by Gasteiger charge is 2.33. The standard InChI is InChI=1S/C12H20N2O/c1-11(2,3)9-10(12(4,5)6)14(15)8-7-13-9/h7-8H,1-6H3. The Bertz CT molecular complexity index is 359. The second-order valence-corrected chi connectivity index (χ2v) is 5.95. The first-order valence-electron chi connectivity index (χ1n) is 5.23. The second kappa shape index (κ2) is 3.47. The highest BCUT2D eigenvalue weighted by molar-refractivity contribution is 5.21. The maximum Gasteiger partial charge on any atom is 0.220 e. The number of nitrogens with zero attached hydrogens (tertiary/aromatic N) is 2. The summed E-state index contributed by atoms with van der Waals surface area (Å²) in [6.07, 6.45) is 3.04. The summed E-state index contributed by atoms with van der Waals surface area (Å²) in [5, 5.41) is 11.8. The predicted molar refractivity (Wildman–Crippen MR) is 60.6 cm³/mol. The first-order valence-corrected chi connectivity index (χ1v) is 5.23. The maximum absolute atomic E-state index is 11.8. The zero-order valence-corrected chi connectivity index (χ0v) is 10.5. The molecular weight excluding hydrogens is 188 g/mol. The van der Waals surface area contributed by atoms with Crippen LogP contribution < -0.4 is 4.73 Å². The first-order chi connectivity index (χ1) is 6.64. The Kier molecular flexibility index (Phi) is 2.77. The Labute approximate surface area is 91.7 Å². The van der Waals surface area contributed by atoms with Gasteiger partial charge in [-0.3, -0.25) is 0 Å². The van der Waals surface area contributed by atoms with Crippen LogP contribution in [0.3, 0.4) is 0 Å². The number of hydrogen-bond acceptors (Lipinski definition) is 2. The lowest BCUT2D eigenvalue weighted by molar-refractivity contribution is -0.619. The fourth-order valence-electron chi connectivity index (χ4n) is 1.64. The van der Waals surface area contributed by atoms with Crippen LogP contribution in [-0.4, -0.2) is 4.98 Å². The molecule has 0 saturated heterocycles. The zero-order chi connectivity index (χ0) is 11.9. The lowest BCUT2D eigenvalue weighted by atomic mass is 9.81. The summed E-state index contributed by atoms with van der Waals surface area (Å²) in [5.74, 6) is 0. The largest absolute Gasteiger partial charge is 0.618 e. The van der Waals surface area contributed by atoms with Crippen molar-refractivity contribution in [2.75, 3.05) is 0 Å². The summed E-state index contributed by atoms with van der Waals surface area (Å²) in [6.45, 7) is 12.3. The van der Waals surface area contributed by atoms with Crippen LogP contribution in [0, 0.1) is 5.21 Å². The van der Waals surface area contributed by atoms with Crippen LogP contribution in [0.5, 0.6) is 0 Å². The number of aromatic nitrogens is 2. The third-order valence-electron chi connectivity index (χ3n) is 2.27. The van der Waals surface area contributed by atoms with Gasteiger partial charge in [-0.25, -0.2) is 4.98 Å². The summed E-state index contributed by atoms with van der Waals surface area (Å²) in [7, 11) is 0. The van der Waals surface area contributed by atoms with E-state index in [1.54, 1.807) is 6.20 Å². The van der Waals surface area contributed by atoms with Crippen LogP contribution in [0.2, 0.25) is 0 Å². The quantitative estimate of drug-likeness (QED) is 0.485. The van der Waals surface area contributed by atoms with E-state index in [2.05, 4.69) is 25.8 Å². The highest BCUT2D eigenvalue weighted by Crippen LogP contribution is 2.29. The van der Waals surface area contributed by atoms with E-state index in [1.807, 2.05) is 20.8 Å². The lowest BCUT2D eigenvalue weighted by Gasteiger charge is -2.25. The van der Waals surface area contributed by atoms with E-state index in [-0.39, 0.29) is 10.8 Å². The molecule has 0 spiro atoms. The van der Waals surface area contributed by atoms with Crippen molar-refractivity contribution in [3.8, 4) is 0 Å². The summed E-state index contributed by atoms with van der Waals surface area (Å²) >= 11 is 0. The molecule has 0 aliphatic rings. The molecule has 0 amide bonds. The van der Waals surface area contributed by atoms with E-state index in [0.717, 1.165) is 16.1 Å².